The van der Waals surface area contributed by atoms with Gasteiger partial charge in [0.15, 0.2) is 0 Å². The number of alkyl halides is 5. The summed E-state index contributed by atoms with van der Waals surface area (Å²) in [7, 11) is 1.84. The molecule has 4 atom stereocenters. The van der Waals surface area contributed by atoms with Gasteiger partial charge < -0.3 is 15.5 Å². The van der Waals surface area contributed by atoms with Crippen molar-refractivity contribution in [1.29, 1.82) is 0 Å². The largest absolute Gasteiger partial charge is 0.417 e. The maximum absolute atomic E-state index is 14.7. The van der Waals surface area contributed by atoms with Crippen LogP contribution in [0.3, 0.4) is 0 Å². The van der Waals surface area contributed by atoms with E-state index >= 15 is 0 Å². The molecule has 0 radical (unpaired) electrons. The van der Waals surface area contributed by atoms with Crippen molar-refractivity contribution >= 4 is 34.0 Å². The summed E-state index contributed by atoms with van der Waals surface area (Å²) in [6, 6.07) is 6.00. The van der Waals surface area contributed by atoms with E-state index in [-0.39, 0.29) is 47.6 Å². The van der Waals surface area contributed by atoms with Gasteiger partial charge in [-0.2, -0.15) is 13.2 Å². The molecule has 2 heterocycles. The van der Waals surface area contributed by atoms with Crippen LogP contribution in [-0.4, -0.2) is 67.5 Å². The summed E-state index contributed by atoms with van der Waals surface area (Å²) in [6.07, 6.45) is -1.65. The molecule has 0 bridgehead atoms. The fourth-order valence-corrected chi connectivity index (χ4v) is 4.50. The number of amides is 1. The van der Waals surface area contributed by atoms with Crippen LogP contribution >= 0.6 is 0 Å². The van der Waals surface area contributed by atoms with Gasteiger partial charge in [0.2, 0.25) is 5.91 Å². The van der Waals surface area contributed by atoms with Gasteiger partial charge in [0.1, 0.15) is 6.17 Å². The molecule has 1 saturated carbocycles. The Morgan fingerprint density at radius 1 is 1.31 bits per heavy atom. The molecule has 0 unspecified atom stereocenters. The third-order valence-corrected chi connectivity index (χ3v) is 6.75. The molecule has 1 saturated heterocycles. The molecular weight excluding hydrogens is 479 g/mol. The van der Waals surface area contributed by atoms with Crippen molar-refractivity contribution in [1.82, 2.24) is 15.2 Å². The number of piperidine rings is 1. The van der Waals surface area contributed by atoms with Crippen LogP contribution in [0.1, 0.15) is 24.2 Å². The van der Waals surface area contributed by atoms with Crippen molar-refractivity contribution in [3.05, 3.63) is 48.3 Å². The number of carbonyl (C=O) groups excluding carboxylic acids is 1. The number of benzene rings is 1. The number of allylic oxidation sites excluding steroid dienone is 1. The molecule has 1 aromatic heterocycles. The Hall–Kier alpha value is -3.01. The lowest BCUT2D eigenvalue weighted by atomic mass is 9.99. The van der Waals surface area contributed by atoms with Crippen molar-refractivity contribution < 1.29 is 26.7 Å². The smallest absolute Gasteiger partial charge is 0.379 e. The number of nitrogens with one attached hydrogen (secondary N) is 2. The van der Waals surface area contributed by atoms with Gasteiger partial charge in [-0.3, -0.25) is 9.18 Å². The maximum Gasteiger partial charge on any atom is 0.417 e. The average Bonchev–Trinajstić information content (AvgIpc) is 3.62. The van der Waals surface area contributed by atoms with Gasteiger partial charge in [0.05, 0.1) is 29.7 Å². The molecule has 1 aromatic carbocycles. The average molecular weight is 509 g/mol. The lowest BCUT2D eigenvalue weighted by molar-refractivity contribution is -0.122. The molecule has 4 rings (SSSR count). The van der Waals surface area contributed by atoms with Gasteiger partial charge in [-0.05, 0) is 44.0 Å². The molecule has 5 nitrogen and oxygen atoms in total. The van der Waals surface area contributed by atoms with Gasteiger partial charge >= 0.3 is 6.18 Å². The Balaban J connectivity index is 1.62. The second kappa shape index (κ2) is 10.5. The molecule has 2 N–H and O–H groups in total. The number of rotatable bonds is 8. The third-order valence-electron chi connectivity index (χ3n) is 6.75. The lowest BCUT2D eigenvalue weighted by Gasteiger charge is -2.33. The predicted molar refractivity (Wildman–Crippen MR) is 131 cm³/mol. The van der Waals surface area contributed by atoms with Crippen LogP contribution in [0.5, 0.6) is 0 Å². The first kappa shape index (κ1) is 26.1. The predicted octanol–water partition coefficient (Wildman–Crippen LogP) is 5.00. The minimum absolute atomic E-state index is 0.128. The van der Waals surface area contributed by atoms with Crippen LogP contribution in [0.15, 0.2) is 36.9 Å². The fraction of sp³-hybridized carbons (Fsp3) is 0.462. The van der Waals surface area contributed by atoms with Crippen molar-refractivity contribution in [2.24, 2.45) is 11.8 Å². The Bertz CT molecular complexity index is 1160. The van der Waals surface area contributed by atoms with Crippen molar-refractivity contribution in [2.75, 3.05) is 38.7 Å². The second-order valence-electron chi connectivity index (χ2n) is 9.49. The van der Waals surface area contributed by atoms with E-state index < -0.39 is 30.6 Å². The van der Waals surface area contributed by atoms with E-state index in [4.69, 9.17) is 0 Å². The summed E-state index contributed by atoms with van der Waals surface area (Å²) >= 11 is 0. The number of hydrogen-bond acceptors (Lipinski definition) is 4. The highest BCUT2D eigenvalue weighted by Gasteiger charge is 2.42. The molecule has 36 heavy (non-hydrogen) atoms. The standard InChI is InChI=1S/C26H29F5N4O/c1-15(26(29,30)31)24-18-6-3-7-22(34-23-8-10-35(2)14-21(23)28)20(18)12-17(33-24)5-4-9-32-25(36)19-11-16(19)13-27/h3-7,12,16,19,21,23,34H,1,8-11,13-14H2,2H3,(H,32,36)/b5-4+/t16-,19-,21-,23+/m0/s1. The number of carbonyl (C=O) groups is 1. The van der Waals surface area contributed by atoms with Crippen molar-refractivity contribution in [2.45, 2.75) is 31.2 Å². The molecule has 2 fully saturated rings. The number of anilines is 1. The molecule has 2 aromatic rings. The fourth-order valence-electron chi connectivity index (χ4n) is 4.50. The van der Waals surface area contributed by atoms with Crippen LogP contribution in [0, 0.1) is 11.8 Å². The summed E-state index contributed by atoms with van der Waals surface area (Å²) < 4.78 is 68.1. The van der Waals surface area contributed by atoms with Gasteiger partial charge in [0, 0.05) is 42.0 Å². The first-order chi connectivity index (χ1) is 17.1. The lowest BCUT2D eigenvalue weighted by Crippen LogP contribution is -2.46. The monoisotopic (exact) mass is 508 g/mol. The van der Waals surface area contributed by atoms with E-state index in [9.17, 15) is 26.7 Å². The van der Waals surface area contributed by atoms with E-state index in [1.54, 1.807) is 24.3 Å². The summed E-state index contributed by atoms with van der Waals surface area (Å²) in [5, 5.41) is 6.58. The Kier molecular flexibility index (Phi) is 7.63. The summed E-state index contributed by atoms with van der Waals surface area (Å²) in [6.45, 7) is 3.80. The maximum atomic E-state index is 14.7. The zero-order chi connectivity index (χ0) is 26.0. The number of likely N-dealkylation sites (tertiary alicyclic amines) is 1. The van der Waals surface area contributed by atoms with Gasteiger partial charge in [-0.15, -0.1) is 0 Å². The highest BCUT2D eigenvalue weighted by Crippen LogP contribution is 2.39. The zero-order valence-corrected chi connectivity index (χ0v) is 19.9. The highest BCUT2D eigenvalue weighted by molar-refractivity contribution is 6.00. The van der Waals surface area contributed by atoms with Crippen LogP contribution in [-0.2, 0) is 4.79 Å². The molecule has 0 spiro atoms. The zero-order valence-electron chi connectivity index (χ0n) is 19.9. The Labute approximate surface area is 206 Å². The summed E-state index contributed by atoms with van der Waals surface area (Å²) in [4.78, 5) is 18.1. The quantitative estimate of drug-likeness (QED) is 0.493. The molecule has 1 amide bonds. The van der Waals surface area contributed by atoms with Gasteiger partial charge in [-0.25, -0.2) is 9.37 Å². The SMILES string of the molecule is C=C(c1nc(/C=C/CNC(=O)[C@H]2C[C@H]2CF)cc2c(N[C@@H]3CCN(C)C[C@@H]3F)cccc12)C(F)(F)F. The minimum Gasteiger partial charge on any atom is -0.379 e. The first-order valence-electron chi connectivity index (χ1n) is 11.9. The number of halogens is 5. The Morgan fingerprint density at radius 3 is 2.75 bits per heavy atom. The van der Waals surface area contributed by atoms with Gasteiger partial charge in [0.25, 0.3) is 0 Å². The normalized spacial score (nSPS) is 24.7. The highest BCUT2D eigenvalue weighted by atomic mass is 19.4. The van der Waals surface area contributed by atoms with Crippen LogP contribution in [0.2, 0.25) is 0 Å². The molecular formula is C26H29F5N4O. The van der Waals surface area contributed by atoms with Crippen molar-refractivity contribution in [3.63, 3.8) is 0 Å². The van der Waals surface area contributed by atoms with E-state index in [0.29, 0.717) is 30.5 Å². The number of nitrogens with zero attached hydrogens (tertiary/aromatic N) is 2. The number of hydrogen-bond donors (Lipinski definition) is 2. The molecule has 194 valence electrons. The molecule has 10 heteroatoms. The second-order valence-corrected chi connectivity index (χ2v) is 9.49. The summed E-state index contributed by atoms with van der Waals surface area (Å²) in [5.74, 6) is -0.798. The first-order valence-corrected chi connectivity index (χ1v) is 11.9. The summed E-state index contributed by atoms with van der Waals surface area (Å²) in [5.41, 5.74) is -0.643. The topological polar surface area (TPSA) is 57.3 Å². The number of fused-ring (bicyclic) bond motifs is 1. The van der Waals surface area contributed by atoms with E-state index in [1.807, 2.05) is 11.9 Å². The van der Waals surface area contributed by atoms with Gasteiger partial charge in [-0.1, -0.05) is 24.8 Å². The minimum atomic E-state index is -4.69. The Morgan fingerprint density at radius 2 is 2.08 bits per heavy atom. The van der Waals surface area contributed by atoms with Crippen LogP contribution < -0.4 is 10.6 Å². The van der Waals surface area contributed by atoms with E-state index in [1.165, 1.54) is 12.1 Å². The molecule has 1 aliphatic carbocycles. The van der Waals surface area contributed by atoms with E-state index in [0.717, 1.165) is 0 Å². The molecule has 1 aliphatic heterocycles. The molecule has 2 aliphatic rings. The van der Waals surface area contributed by atoms with Crippen LogP contribution in [0.4, 0.5) is 27.6 Å². The van der Waals surface area contributed by atoms with E-state index in [2.05, 4.69) is 22.2 Å². The number of aromatic nitrogens is 1. The number of pyridine rings is 1. The van der Waals surface area contributed by atoms with Crippen molar-refractivity contribution in [3.8, 4) is 0 Å². The van der Waals surface area contributed by atoms with Crippen LogP contribution in [0.25, 0.3) is 22.4 Å². The third kappa shape index (κ3) is 5.86.